The molecule has 0 radical (unpaired) electrons. The molecule has 0 amide bonds. The molecule has 124 valence electrons. The molecule has 1 unspecified atom stereocenters. The summed E-state index contributed by atoms with van der Waals surface area (Å²) < 4.78 is 6.00. The number of nitrogen functional groups attached to an aromatic ring is 1. The van der Waals surface area contributed by atoms with Gasteiger partial charge in [-0.15, -0.1) is 0 Å². The van der Waals surface area contributed by atoms with E-state index in [9.17, 15) is 9.90 Å². The molecule has 5 heteroatoms. The van der Waals surface area contributed by atoms with Crippen molar-refractivity contribution in [2.75, 3.05) is 5.73 Å². The molecule has 25 heavy (non-hydrogen) atoms. The highest BCUT2D eigenvalue weighted by Gasteiger charge is 2.33. The van der Waals surface area contributed by atoms with E-state index in [4.69, 9.17) is 15.9 Å². The number of carbonyl (C=O) groups is 1. The van der Waals surface area contributed by atoms with Gasteiger partial charge in [-0.05, 0) is 23.8 Å². The topological polar surface area (TPSA) is 96.4 Å². The van der Waals surface area contributed by atoms with Crippen molar-refractivity contribution in [2.24, 2.45) is 0 Å². The molecule has 0 bridgehead atoms. The van der Waals surface area contributed by atoms with Crippen LogP contribution in [0.2, 0.25) is 0 Å². The first-order chi connectivity index (χ1) is 12.0. The number of fused-ring (bicyclic) bond motifs is 1. The SMILES string of the molecule is N=C1C=CC2=C(C1)Oc1cc(N)ccc1C2c1ccccc1C(=O)O. The maximum Gasteiger partial charge on any atom is 0.335 e. The zero-order chi connectivity index (χ0) is 17.6. The fourth-order valence-corrected chi connectivity index (χ4v) is 3.43. The van der Waals surface area contributed by atoms with Gasteiger partial charge in [-0.1, -0.05) is 30.3 Å². The number of allylic oxidation sites excluding steroid dienone is 4. The lowest BCUT2D eigenvalue weighted by Gasteiger charge is -2.32. The standard InChI is InChI=1S/C20H16N2O3/c21-11-5-7-15-17(9-11)25-18-10-12(22)6-8-16(18)19(15)13-3-1-2-4-14(13)20(23)24/h1-9,19,22H,10,21H2,(H,23,24). The van der Waals surface area contributed by atoms with Crippen LogP contribution in [0.25, 0.3) is 0 Å². The number of anilines is 1. The van der Waals surface area contributed by atoms with Gasteiger partial charge in [0.1, 0.15) is 11.5 Å². The van der Waals surface area contributed by atoms with Crippen LogP contribution in [0.5, 0.6) is 5.75 Å². The minimum absolute atomic E-state index is 0.262. The molecule has 4 N–H and O–H groups in total. The quantitative estimate of drug-likeness (QED) is 0.730. The van der Waals surface area contributed by atoms with Gasteiger partial charge in [0, 0.05) is 40.9 Å². The zero-order valence-electron chi connectivity index (χ0n) is 13.3. The highest BCUT2D eigenvalue weighted by Crippen LogP contribution is 2.46. The average Bonchev–Trinajstić information content (AvgIpc) is 2.59. The van der Waals surface area contributed by atoms with Crippen LogP contribution in [-0.4, -0.2) is 16.8 Å². The largest absolute Gasteiger partial charge is 0.478 e. The molecule has 1 atom stereocenters. The number of ether oxygens (including phenoxy) is 1. The first-order valence-corrected chi connectivity index (χ1v) is 7.92. The van der Waals surface area contributed by atoms with Crippen molar-refractivity contribution in [2.45, 2.75) is 12.3 Å². The van der Waals surface area contributed by atoms with Crippen LogP contribution >= 0.6 is 0 Å². The number of hydrogen-bond donors (Lipinski definition) is 3. The monoisotopic (exact) mass is 332 g/mol. The minimum atomic E-state index is -0.964. The van der Waals surface area contributed by atoms with Crippen LogP contribution in [0.15, 0.2) is 65.9 Å². The number of hydrogen-bond acceptors (Lipinski definition) is 4. The third-order valence-corrected chi connectivity index (χ3v) is 4.53. The van der Waals surface area contributed by atoms with E-state index in [0.29, 0.717) is 34.9 Å². The van der Waals surface area contributed by atoms with Crippen LogP contribution in [0.1, 0.15) is 33.8 Å². The number of carboxylic acids is 1. The summed E-state index contributed by atoms with van der Waals surface area (Å²) in [6.45, 7) is 0. The molecule has 0 saturated heterocycles. The van der Waals surface area contributed by atoms with Crippen molar-refractivity contribution in [3.8, 4) is 5.75 Å². The van der Waals surface area contributed by atoms with Gasteiger partial charge in [0.2, 0.25) is 0 Å². The number of nitrogens with two attached hydrogens (primary N) is 1. The number of carboxylic acid groups (broad SMARTS) is 1. The maximum absolute atomic E-state index is 11.7. The minimum Gasteiger partial charge on any atom is -0.478 e. The molecule has 0 spiro atoms. The number of aromatic carboxylic acids is 1. The molecular weight excluding hydrogens is 316 g/mol. The Morgan fingerprint density at radius 2 is 1.96 bits per heavy atom. The Balaban J connectivity index is 1.97. The lowest BCUT2D eigenvalue weighted by molar-refractivity contribution is 0.0695. The predicted octanol–water partition coefficient (Wildman–Crippen LogP) is 3.73. The summed E-state index contributed by atoms with van der Waals surface area (Å²) in [6, 6.07) is 12.4. The van der Waals surface area contributed by atoms with E-state index in [1.165, 1.54) is 0 Å². The third kappa shape index (κ3) is 2.50. The average molecular weight is 332 g/mol. The van der Waals surface area contributed by atoms with Gasteiger partial charge in [-0.3, -0.25) is 0 Å². The highest BCUT2D eigenvalue weighted by molar-refractivity contribution is 5.96. The second kappa shape index (κ2) is 5.63. The number of benzene rings is 2. The first-order valence-electron chi connectivity index (χ1n) is 7.92. The van der Waals surface area contributed by atoms with Crippen molar-refractivity contribution >= 4 is 17.4 Å². The Labute approximate surface area is 144 Å². The van der Waals surface area contributed by atoms with Gasteiger partial charge in [-0.25, -0.2) is 4.79 Å². The summed E-state index contributed by atoms with van der Waals surface area (Å²) in [4.78, 5) is 11.7. The fourth-order valence-electron chi connectivity index (χ4n) is 3.43. The van der Waals surface area contributed by atoms with Gasteiger partial charge < -0.3 is 21.0 Å². The van der Waals surface area contributed by atoms with E-state index in [1.807, 2.05) is 24.3 Å². The van der Waals surface area contributed by atoms with E-state index >= 15 is 0 Å². The summed E-state index contributed by atoms with van der Waals surface area (Å²) in [5.41, 5.74) is 9.66. The van der Waals surface area contributed by atoms with Crippen LogP contribution in [0.3, 0.4) is 0 Å². The maximum atomic E-state index is 11.7. The van der Waals surface area contributed by atoms with E-state index in [0.717, 1.165) is 11.1 Å². The molecule has 2 aromatic rings. The highest BCUT2D eigenvalue weighted by atomic mass is 16.5. The molecule has 1 heterocycles. The van der Waals surface area contributed by atoms with E-state index < -0.39 is 5.97 Å². The smallest absolute Gasteiger partial charge is 0.335 e. The normalized spacial score (nSPS) is 18.4. The Morgan fingerprint density at radius 3 is 2.76 bits per heavy atom. The second-order valence-electron chi connectivity index (χ2n) is 6.14. The molecule has 0 aromatic heterocycles. The molecule has 5 nitrogen and oxygen atoms in total. The Kier molecular flexibility index (Phi) is 3.42. The van der Waals surface area contributed by atoms with Crippen molar-refractivity contribution in [3.05, 3.63) is 82.6 Å². The molecular formula is C20H16N2O3. The number of rotatable bonds is 2. The summed E-state index contributed by atoms with van der Waals surface area (Å²) in [5, 5.41) is 17.5. The molecule has 2 aromatic carbocycles. The van der Waals surface area contributed by atoms with Crippen molar-refractivity contribution in [1.29, 1.82) is 5.41 Å². The molecule has 1 aliphatic heterocycles. The van der Waals surface area contributed by atoms with Crippen molar-refractivity contribution in [1.82, 2.24) is 0 Å². The summed E-state index contributed by atoms with van der Waals surface area (Å²) in [6.07, 6.45) is 3.97. The Hall–Kier alpha value is -3.34. The lowest BCUT2D eigenvalue weighted by atomic mass is 9.78. The molecule has 4 rings (SSSR count). The van der Waals surface area contributed by atoms with Crippen molar-refractivity contribution in [3.63, 3.8) is 0 Å². The van der Waals surface area contributed by atoms with Crippen molar-refractivity contribution < 1.29 is 14.6 Å². The predicted molar refractivity (Wildman–Crippen MR) is 95.2 cm³/mol. The van der Waals surface area contributed by atoms with Gasteiger partial charge >= 0.3 is 5.97 Å². The van der Waals surface area contributed by atoms with Crippen LogP contribution in [-0.2, 0) is 0 Å². The summed E-state index contributed by atoms with van der Waals surface area (Å²) in [5.74, 6) is 0.0626. The second-order valence-corrected chi connectivity index (χ2v) is 6.14. The van der Waals surface area contributed by atoms with Gasteiger partial charge in [-0.2, -0.15) is 0 Å². The van der Waals surface area contributed by atoms with Crippen LogP contribution in [0, 0.1) is 5.41 Å². The molecule has 0 saturated carbocycles. The van der Waals surface area contributed by atoms with Crippen LogP contribution in [0.4, 0.5) is 5.69 Å². The van der Waals surface area contributed by atoms with Crippen LogP contribution < -0.4 is 10.5 Å². The lowest BCUT2D eigenvalue weighted by Crippen LogP contribution is -2.21. The summed E-state index contributed by atoms with van der Waals surface area (Å²) in [7, 11) is 0. The number of nitrogens with one attached hydrogen (secondary N) is 1. The zero-order valence-corrected chi connectivity index (χ0v) is 13.3. The van der Waals surface area contributed by atoms with Gasteiger partial charge in [0.15, 0.2) is 0 Å². The fraction of sp³-hybridized carbons (Fsp3) is 0.100. The Bertz CT molecular complexity index is 973. The first kappa shape index (κ1) is 15.2. The molecule has 2 aliphatic rings. The Morgan fingerprint density at radius 1 is 1.16 bits per heavy atom. The van der Waals surface area contributed by atoms with E-state index in [2.05, 4.69) is 0 Å². The molecule has 0 fully saturated rings. The third-order valence-electron chi connectivity index (χ3n) is 4.53. The van der Waals surface area contributed by atoms with Gasteiger partial charge in [0.05, 0.1) is 5.56 Å². The molecule has 1 aliphatic carbocycles. The summed E-state index contributed by atoms with van der Waals surface area (Å²) >= 11 is 0. The van der Waals surface area contributed by atoms with E-state index in [1.54, 1.807) is 30.3 Å². The van der Waals surface area contributed by atoms with E-state index in [-0.39, 0.29) is 11.5 Å². The van der Waals surface area contributed by atoms with Gasteiger partial charge in [0.25, 0.3) is 0 Å².